The molecule has 0 aliphatic heterocycles. The number of hydrogen-bond acceptors (Lipinski definition) is 2. The Morgan fingerprint density at radius 1 is 1.30 bits per heavy atom. The molecule has 106 valence electrons. The number of alkyl halides is 2. The van der Waals surface area contributed by atoms with Crippen molar-refractivity contribution in [1.29, 1.82) is 0 Å². The molecule has 4 nitrogen and oxygen atoms in total. The molecule has 6 heteroatoms. The second-order valence-corrected chi connectivity index (χ2v) is 4.30. The quantitative estimate of drug-likeness (QED) is 0.913. The van der Waals surface area contributed by atoms with Crippen LogP contribution in [0.4, 0.5) is 8.78 Å². The highest BCUT2D eigenvalue weighted by atomic mass is 19.3. The largest absolute Gasteiger partial charge is 0.344 e. The number of rotatable bonds is 5. The highest BCUT2D eigenvalue weighted by molar-refractivity contribution is 5.92. The third kappa shape index (κ3) is 3.20. The Bertz CT molecular complexity index is 569. The lowest BCUT2D eigenvalue weighted by molar-refractivity contribution is 0.0559. The number of amides is 1. The van der Waals surface area contributed by atoms with E-state index < -0.39 is 12.5 Å². The molecule has 2 aromatic rings. The van der Waals surface area contributed by atoms with Crippen LogP contribution in [-0.2, 0) is 0 Å². The lowest BCUT2D eigenvalue weighted by Gasteiger charge is -2.16. The molecule has 0 spiro atoms. The molecule has 20 heavy (non-hydrogen) atoms. The lowest BCUT2D eigenvalue weighted by Crippen LogP contribution is -2.28. The van der Waals surface area contributed by atoms with Crippen LogP contribution < -0.4 is 5.32 Å². The number of halogens is 2. The fourth-order valence-electron chi connectivity index (χ4n) is 1.91. The zero-order chi connectivity index (χ0) is 14.5. The predicted octanol–water partition coefficient (Wildman–Crippen LogP) is 3.16. The first-order valence-corrected chi connectivity index (χ1v) is 6.31. The number of nitrogens with one attached hydrogen (secondary N) is 1. The van der Waals surface area contributed by atoms with Crippen molar-refractivity contribution < 1.29 is 13.6 Å². The van der Waals surface area contributed by atoms with Crippen LogP contribution >= 0.6 is 0 Å². The Balaban J connectivity index is 2.09. The topological polar surface area (TPSA) is 46.9 Å². The molecular formula is C14H15F2N3O. The van der Waals surface area contributed by atoms with E-state index in [-0.39, 0.29) is 11.7 Å². The van der Waals surface area contributed by atoms with Crippen molar-refractivity contribution in [3.8, 4) is 0 Å². The Hall–Kier alpha value is -2.24. The maximum absolute atomic E-state index is 12.4. The monoisotopic (exact) mass is 279 g/mol. The summed E-state index contributed by atoms with van der Waals surface area (Å²) in [5.74, 6) is -0.458. The number of carbonyl (C=O) groups is 1. The molecule has 0 aliphatic rings. The van der Waals surface area contributed by atoms with E-state index in [1.165, 1.54) is 6.07 Å². The van der Waals surface area contributed by atoms with Crippen LogP contribution in [0.15, 0.2) is 42.6 Å². The molecule has 1 amide bonds. The Morgan fingerprint density at radius 2 is 2.00 bits per heavy atom. The van der Waals surface area contributed by atoms with Crippen molar-refractivity contribution in [2.75, 3.05) is 0 Å². The molecule has 1 atom stereocenters. The van der Waals surface area contributed by atoms with Crippen LogP contribution in [0.25, 0.3) is 0 Å². The third-order valence-corrected chi connectivity index (χ3v) is 2.96. The average molecular weight is 279 g/mol. The van der Waals surface area contributed by atoms with Gasteiger partial charge in [-0.15, -0.1) is 0 Å². The van der Waals surface area contributed by atoms with Gasteiger partial charge in [-0.1, -0.05) is 37.3 Å². The number of nitrogens with zero attached hydrogens (tertiary/aromatic N) is 2. The summed E-state index contributed by atoms with van der Waals surface area (Å²) < 4.78 is 25.3. The van der Waals surface area contributed by atoms with Gasteiger partial charge in [0, 0.05) is 6.20 Å². The first-order chi connectivity index (χ1) is 9.61. The van der Waals surface area contributed by atoms with E-state index in [0.717, 1.165) is 11.8 Å². The molecule has 1 aromatic heterocycles. The molecule has 0 saturated heterocycles. The van der Waals surface area contributed by atoms with Gasteiger partial charge in [-0.3, -0.25) is 4.79 Å². The van der Waals surface area contributed by atoms with Crippen LogP contribution in [0.1, 0.15) is 42.0 Å². The Kier molecular flexibility index (Phi) is 4.45. The first kappa shape index (κ1) is 14.2. The second-order valence-electron chi connectivity index (χ2n) is 4.30. The highest BCUT2D eigenvalue weighted by Crippen LogP contribution is 2.17. The summed E-state index contributed by atoms with van der Waals surface area (Å²) in [4.78, 5) is 12.0. The fourth-order valence-corrected chi connectivity index (χ4v) is 1.91. The molecule has 1 heterocycles. The van der Waals surface area contributed by atoms with Gasteiger partial charge >= 0.3 is 6.55 Å². The van der Waals surface area contributed by atoms with E-state index in [4.69, 9.17) is 0 Å². The summed E-state index contributed by atoms with van der Waals surface area (Å²) in [5.41, 5.74) is 0.955. The van der Waals surface area contributed by atoms with Crippen molar-refractivity contribution in [3.05, 3.63) is 53.9 Å². The van der Waals surface area contributed by atoms with Crippen molar-refractivity contribution in [3.63, 3.8) is 0 Å². The van der Waals surface area contributed by atoms with Gasteiger partial charge in [0.25, 0.3) is 5.91 Å². The van der Waals surface area contributed by atoms with Crippen molar-refractivity contribution in [2.45, 2.75) is 25.9 Å². The van der Waals surface area contributed by atoms with Gasteiger partial charge in [0.2, 0.25) is 0 Å². The van der Waals surface area contributed by atoms with E-state index in [2.05, 4.69) is 10.4 Å². The molecule has 0 bridgehead atoms. The standard InChI is InChI=1S/C14H15F2N3O/c1-2-11(10-6-4-3-5-7-10)17-13(20)12-8-9-19(18-12)14(15)16/h3-9,11,14H,2H2,1H3,(H,17,20). The fraction of sp³-hybridized carbons (Fsp3) is 0.286. The molecule has 1 aromatic carbocycles. The molecule has 2 rings (SSSR count). The van der Waals surface area contributed by atoms with Gasteiger partial charge in [-0.2, -0.15) is 13.9 Å². The maximum Gasteiger partial charge on any atom is 0.333 e. The zero-order valence-electron chi connectivity index (χ0n) is 11.0. The summed E-state index contributed by atoms with van der Waals surface area (Å²) in [6.45, 7) is -0.803. The third-order valence-electron chi connectivity index (χ3n) is 2.96. The first-order valence-electron chi connectivity index (χ1n) is 6.31. The van der Waals surface area contributed by atoms with E-state index in [9.17, 15) is 13.6 Å². The minimum atomic E-state index is -2.74. The van der Waals surface area contributed by atoms with Crippen molar-refractivity contribution in [1.82, 2.24) is 15.1 Å². The summed E-state index contributed by atoms with van der Waals surface area (Å²) in [7, 11) is 0. The van der Waals surface area contributed by atoms with Crippen molar-refractivity contribution in [2.24, 2.45) is 0 Å². The predicted molar refractivity (Wildman–Crippen MR) is 70.4 cm³/mol. The molecule has 0 aliphatic carbocycles. The molecule has 0 saturated carbocycles. The average Bonchev–Trinajstić information content (AvgIpc) is 2.95. The molecule has 0 fully saturated rings. The Labute approximate surface area is 115 Å². The smallest absolute Gasteiger partial charge is 0.333 e. The van der Waals surface area contributed by atoms with Gasteiger partial charge in [0.15, 0.2) is 0 Å². The van der Waals surface area contributed by atoms with Gasteiger partial charge in [-0.05, 0) is 18.1 Å². The van der Waals surface area contributed by atoms with Crippen LogP contribution in [0.3, 0.4) is 0 Å². The minimum absolute atomic E-state index is 0.0142. The highest BCUT2D eigenvalue weighted by Gasteiger charge is 2.17. The normalized spacial score (nSPS) is 12.4. The minimum Gasteiger partial charge on any atom is -0.344 e. The molecule has 1 unspecified atom stereocenters. The number of hydrogen-bond donors (Lipinski definition) is 1. The summed E-state index contributed by atoms with van der Waals surface area (Å²) in [6.07, 6.45) is 1.79. The number of aromatic nitrogens is 2. The van der Waals surface area contributed by atoms with Gasteiger partial charge < -0.3 is 5.32 Å². The maximum atomic E-state index is 12.4. The zero-order valence-corrected chi connectivity index (χ0v) is 11.0. The van der Waals surface area contributed by atoms with Gasteiger partial charge in [-0.25, -0.2) is 4.68 Å². The molecule has 0 radical (unpaired) electrons. The van der Waals surface area contributed by atoms with E-state index >= 15 is 0 Å². The summed E-state index contributed by atoms with van der Waals surface area (Å²) >= 11 is 0. The lowest BCUT2D eigenvalue weighted by atomic mass is 10.0. The van der Waals surface area contributed by atoms with Gasteiger partial charge in [0.1, 0.15) is 5.69 Å². The van der Waals surface area contributed by atoms with Crippen LogP contribution in [0.2, 0.25) is 0 Å². The molecule has 1 N–H and O–H groups in total. The van der Waals surface area contributed by atoms with Crippen molar-refractivity contribution >= 4 is 5.91 Å². The molecular weight excluding hydrogens is 264 g/mol. The SMILES string of the molecule is CCC(NC(=O)c1ccn(C(F)F)n1)c1ccccc1. The van der Waals surface area contributed by atoms with Crippen LogP contribution in [-0.4, -0.2) is 15.7 Å². The summed E-state index contributed by atoms with van der Waals surface area (Å²) in [5, 5.41) is 6.34. The number of benzene rings is 1. The Morgan fingerprint density at radius 3 is 2.55 bits per heavy atom. The van der Waals surface area contributed by atoms with E-state index in [1.807, 2.05) is 37.3 Å². The van der Waals surface area contributed by atoms with E-state index in [1.54, 1.807) is 0 Å². The van der Waals surface area contributed by atoms with Crippen LogP contribution in [0.5, 0.6) is 0 Å². The van der Waals surface area contributed by atoms with E-state index in [0.29, 0.717) is 11.1 Å². The second kappa shape index (κ2) is 6.27. The summed E-state index contributed by atoms with van der Waals surface area (Å²) in [6, 6.07) is 10.6. The van der Waals surface area contributed by atoms with Gasteiger partial charge in [0.05, 0.1) is 6.04 Å². The number of carbonyl (C=O) groups excluding carboxylic acids is 1. The van der Waals surface area contributed by atoms with Crippen LogP contribution in [0, 0.1) is 0 Å².